The Morgan fingerprint density at radius 3 is 2.76 bits per heavy atom. The van der Waals surface area contributed by atoms with Crippen LogP contribution in [0.5, 0.6) is 5.75 Å². The maximum absolute atomic E-state index is 11.0. The van der Waals surface area contributed by atoms with Crippen LogP contribution in [0.1, 0.15) is 5.56 Å². The lowest BCUT2D eigenvalue weighted by molar-refractivity contribution is 0.247. The predicted octanol–water partition coefficient (Wildman–Crippen LogP) is 2.14. The largest absolute Gasteiger partial charge is 0.507 e. The minimum absolute atomic E-state index is 0.00956. The molecule has 0 saturated heterocycles. The molecule has 6 heteroatoms. The summed E-state index contributed by atoms with van der Waals surface area (Å²) >= 11 is 5.74. The first-order chi connectivity index (χ1) is 7.99. The van der Waals surface area contributed by atoms with E-state index in [2.05, 4.69) is 5.10 Å². The smallest absolute Gasteiger partial charge is 0.339 e. The number of hydrogen-bond acceptors (Lipinski definition) is 3. The van der Waals surface area contributed by atoms with Gasteiger partial charge in [0.1, 0.15) is 5.75 Å². The summed E-state index contributed by atoms with van der Waals surface area (Å²) in [6.45, 7) is 1.77. The number of halogens is 1. The lowest BCUT2D eigenvalue weighted by Gasteiger charge is -2.02. The molecule has 2 aromatic rings. The summed E-state index contributed by atoms with van der Waals surface area (Å²) in [5, 5.41) is 14.2. The number of carbonyl (C=O) groups excluding carboxylic acids is 1. The second-order valence-corrected chi connectivity index (χ2v) is 4.04. The van der Waals surface area contributed by atoms with E-state index in [9.17, 15) is 9.90 Å². The Morgan fingerprint density at radius 1 is 1.53 bits per heavy atom. The molecular formula is C11H10ClN3O2. The van der Waals surface area contributed by atoms with Crippen molar-refractivity contribution in [1.29, 1.82) is 0 Å². The molecule has 0 aliphatic rings. The molecule has 1 heterocycles. The Hall–Kier alpha value is -2.01. The summed E-state index contributed by atoms with van der Waals surface area (Å²) in [7, 11) is 0. The van der Waals surface area contributed by atoms with E-state index < -0.39 is 6.03 Å². The van der Waals surface area contributed by atoms with Crippen molar-refractivity contribution in [3.63, 3.8) is 0 Å². The number of aromatic hydroxyl groups is 1. The van der Waals surface area contributed by atoms with Crippen molar-refractivity contribution in [2.45, 2.75) is 6.92 Å². The van der Waals surface area contributed by atoms with Crippen LogP contribution in [0, 0.1) is 6.92 Å². The zero-order valence-corrected chi connectivity index (χ0v) is 9.77. The lowest BCUT2D eigenvalue weighted by atomic mass is 10.1. The molecule has 2 rings (SSSR count). The monoisotopic (exact) mass is 251 g/mol. The molecule has 1 amide bonds. The molecule has 88 valence electrons. The third kappa shape index (κ3) is 2.09. The number of nitrogens with zero attached hydrogens (tertiary/aromatic N) is 2. The first kappa shape index (κ1) is 11.5. The van der Waals surface area contributed by atoms with Crippen LogP contribution in [0.3, 0.4) is 0 Å². The van der Waals surface area contributed by atoms with E-state index >= 15 is 0 Å². The number of nitrogens with two attached hydrogens (primary N) is 1. The highest BCUT2D eigenvalue weighted by Crippen LogP contribution is 2.32. The third-order valence-electron chi connectivity index (χ3n) is 2.34. The van der Waals surface area contributed by atoms with Crippen LogP contribution >= 0.6 is 11.6 Å². The Morgan fingerprint density at radius 2 is 2.24 bits per heavy atom. The standard InChI is InChI=1S/C11H10ClN3O2/c1-6-5-15(11(13)17)14-10(6)8-3-2-7(12)4-9(8)16/h2-5,16H,1H3,(H2,13,17). The molecule has 0 unspecified atom stereocenters. The Labute approximate surface area is 102 Å². The van der Waals surface area contributed by atoms with E-state index in [1.165, 1.54) is 12.3 Å². The summed E-state index contributed by atoms with van der Waals surface area (Å²) < 4.78 is 1.03. The molecule has 17 heavy (non-hydrogen) atoms. The summed E-state index contributed by atoms with van der Waals surface area (Å²) in [5.41, 5.74) is 6.86. The van der Waals surface area contributed by atoms with E-state index in [1.54, 1.807) is 19.1 Å². The van der Waals surface area contributed by atoms with Crippen molar-refractivity contribution in [3.05, 3.63) is 35.0 Å². The van der Waals surface area contributed by atoms with Crippen LogP contribution in [-0.2, 0) is 0 Å². The fourth-order valence-corrected chi connectivity index (χ4v) is 1.71. The van der Waals surface area contributed by atoms with Gasteiger partial charge in [-0.05, 0) is 30.7 Å². The molecule has 0 bridgehead atoms. The van der Waals surface area contributed by atoms with Gasteiger partial charge in [-0.15, -0.1) is 0 Å². The molecule has 1 aromatic carbocycles. The van der Waals surface area contributed by atoms with Gasteiger partial charge in [0.15, 0.2) is 0 Å². The van der Waals surface area contributed by atoms with Gasteiger partial charge in [-0.1, -0.05) is 11.6 Å². The quantitative estimate of drug-likeness (QED) is 0.815. The van der Waals surface area contributed by atoms with Crippen LogP contribution in [0.15, 0.2) is 24.4 Å². The van der Waals surface area contributed by atoms with Gasteiger partial charge in [0.25, 0.3) is 0 Å². The molecule has 0 aliphatic carbocycles. The maximum Gasteiger partial charge on any atom is 0.339 e. The van der Waals surface area contributed by atoms with Crippen LogP contribution in [-0.4, -0.2) is 20.9 Å². The van der Waals surface area contributed by atoms with Crippen molar-refractivity contribution in [1.82, 2.24) is 9.78 Å². The molecule has 0 fully saturated rings. The second kappa shape index (κ2) is 4.10. The summed E-state index contributed by atoms with van der Waals surface area (Å²) in [5.74, 6) is 0.00956. The maximum atomic E-state index is 11.0. The number of hydrogen-bond donors (Lipinski definition) is 2. The molecule has 0 saturated carbocycles. The topological polar surface area (TPSA) is 81.1 Å². The number of aryl methyl sites for hydroxylation is 1. The van der Waals surface area contributed by atoms with E-state index in [0.717, 1.165) is 10.2 Å². The van der Waals surface area contributed by atoms with Crippen molar-refractivity contribution in [2.24, 2.45) is 5.73 Å². The van der Waals surface area contributed by atoms with Gasteiger partial charge in [0.2, 0.25) is 0 Å². The van der Waals surface area contributed by atoms with Crippen LogP contribution in [0.4, 0.5) is 4.79 Å². The second-order valence-electron chi connectivity index (χ2n) is 3.60. The summed E-state index contributed by atoms with van der Waals surface area (Å²) in [6, 6.07) is 4.02. The van der Waals surface area contributed by atoms with E-state index in [0.29, 0.717) is 16.3 Å². The number of amides is 1. The predicted molar refractivity (Wildman–Crippen MR) is 64.1 cm³/mol. The van der Waals surface area contributed by atoms with Gasteiger partial charge in [-0.2, -0.15) is 9.78 Å². The average Bonchev–Trinajstić information content (AvgIpc) is 2.61. The number of benzene rings is 1. The van der Waals surface area contributed by atoms with E-state index in [1.807, 2.05) is 0 Å². The van der Waals surface area contributed by atoms with Crippen LogP contribution in [0.2, 0.25) is 5.02 Å². The zero-order valence-electron chi connectivity index (χ0n) is 9.01. The third-order valence-corrected chi connectivity index (χ3v) is 2.57. The number of phenols is 1. The van der Waals surface area contributed by atoms with Crippen molar-refractivity contribution in [3.8, 4) is 17.0 Å². The van der Waals surface area contributed by atoms with Gasteiger partial charge in [0, 0.05) is 16.8 Å². The Bertz CT molecular complexity index is 592. The molecule has 0 aliphatic heterocycles. The van der Waals surface area contributed by atoms with Gasteiger partial charge >= 0.3 is 6.03 Å². The van der Waals surface area contributed by atoms with Gasteiger partial charge < -0.3 is 10.8 Å². The van der Waals surface area contributed by atoms with Crippen molar-refractivity contribution in [2.75, 3.05) is 0 Å². The SMILES string of the molecule is Cc1cn(C(N)=O)nc1-c1ccc(Cl)cc1O. The van der Waals surface area contributed by atoms with Gasteiger partial charge in [0.05, 0.1) is 5.69 Å². The molecule has 0 radical (unpaired) electrons. The Balaban J connectivity index is 2.56. The van der Waals surface area contributed by atoms with Gasteiger partial charge in [-0.3, -0.25) is 0 Å². The first-order valence-electron chi connectivity index (χ1n) is 4.84. The Kier molecular flexibility index (Phi) is 2.77. The van der Waals surface area contributed by atoms with Crippen LogP contribution in [0.25, 0.3) is 11.3 Å². The van der Waals surface area contributed by atoms with Crippen molar-refractivity contribution >= 4 is 17.6 Å². The number of primary amides is 1. The normalized spacial score (nSPS) is 10.5. The fourth-order valence-electron chi connectivity index (χ4n) is 1.54. The molecule has 5 nitrogen and oxygen atoms in total. The highest BCUT2D eigenvalue weighted by molar-refractivity contribution is 6.30. The lowest BCUT2D eigenvalue weighted by Crippen LogP contribution is -2.19. The average molecular weight is 252 g/mol. The number of carbonyl (C=O) groups is 1. The molecule has 0 atom stereocenters. The molecule has 1 aromatic heterocycles. The molecule has 0 spiro atoms. The first-order valence-corrected chi connectivity index (χ1v) is 5.22. The van der Waals surface area contributed by atoms with E-state index in [4.69, 9.17) is 17.3 Å². The minimum atomic E-state index is -0.673. The summed E-state index contributed by atoms with van der Waals surface area (Å²) in [4.78, 5) is 11.0. The fraction of sp³-hybridized carbons (Fsp3) is 0.0909. The highest BCUT2D eigenvalue weighted by atomic mass is 35.5. The minimum Gasteiger partial charge on any atom is -0.507 e. The number of phenolic OH excluding ortho intramolecular Hbond substituents is 1. The van der Waals surface area contributed by atoms with Crippen molar-refractivity contribution < 1.29 is 9.90 Å². The van der Waals surface area contributed by atoms with E-state index in [-0.39, 0.29) is 5.75 Å². The zero-order chi connectivity index (χ0) is 12.6. The van der Waals surface area contributed by atoms with Crippen LogP contribution < -0.4 is 5.73 Å². The number of aromatic nitrogens is 2. The van der Waals surface area contributed by atoms with Gasteiger partial charge in [-0.25, -0.2) is 4.79 Å². The summed E-state index contributed by atoms with van der Waals surface area (Å²) in [6.07, 6.45) is 1.51. The molecular weight excluding hydrogens is 242 g/mol. The number of rotatable bonds is 1. The molecule has 3 N–H and O–H groups in total. The highest BCUT2D eigenvalue weighted by Gasteiger charge is 2.13.